The van der Waals surface area contributed by atoms with Gasteiger partial charge in [-0.05, 0) is 61.2 Å². The molecule has 1 aliphatic carbocycles. The number of nitrogens with one attached hydrogen (secondary N) is 3. The van der Waals surface area contributed by atoms with Gasteiger partial charge in [-0.3, -0.25) is 9.59 Å². The van der Waals surface area contributed by atoms with Crippen molar-refractivity contribution in [2.24, 2.45) is 0 Å². The zero-order valence-corrected chi connectivity index (χ0v) is 16.0. The molecule has 2 aromatic carbocycles. The number of amides is 2. The Labute approximate surface area is 167 Å². The molecule has 2 aliphatic rings. The molecule has 0 saturated carbocycles. The Morgan fingerprint density at radius 3 is 3.00 bits per heavy atom. The fraction of sp³-hybridized carbons (Fsp3) is 0.273. The van der Waals surface area contributed by atoms with Crippen LogP contribution in [0.5, 0.6) is 11.5 Å². The Morgan fingerprint density at radius 2 is 2.14 bits per heavy atom. The van der Waals surface area contributed by atoms with E-state index in [0.717, 1.165) is 41.6 Å². The maximum Gasteiger partial charge on any atom is 0.262 e. The molecule has 7 nitrogen and oxygen atoms in total. The number of rotatable bonds is 3. The normalized spacial score (nSPS) is 17.7. The molecule has 0 saturated heterocycles. The number of aromatic nitrogens is 1. The number of benzene rings is 2. The van der Waals surface area contributed by atoms with Gasteiger partial charge in [-0.1, -0.05) is 0 Å². The van der Waals surface area contributed by atoms with E-state index in [1.807, 2.05) is 18.2 Å². The Kier molecular flexibility index (Phi) is 4.16. The molecule has 0 fully saturated rings. The summed E-state index contributed by atoms with van der Waals surface area (Å²) in [6.07, 6.45) is 2.83. The van der Waals surface area contributed by atoms with Crippen molar-refractivity contribution in [2.75, 3.05) is 19.0 Å². The molecule has 7 heteroatoms. The summed E-state index contributed by atoms with van der Waals surface area (Å²) in [5.74, 6) is 0.997. The largest absolute Gasteiger partial charge is 0.497 e. The highest BCUT2D eigenvalue weighted by Crippen LogP contribution is 2.36. The van der Waals surface area contributed by atoms with Crippen LogP contribution in [0.4, 0.5) is 5.69 Å². The minimum atomic E-state index is -0.222. The van der Waals surface area contributed by atoms with Crippen LogP contribution in [0.1, 0.15) is 40.5 Å². The molecule has 29 heavy (non-hydrogen) atoms. The van der Waals surface area contributed by atoms with E-state index < -0.39 is 0 Å². The van der Waals surface area contributed by atoms with E-state index in [-0.39, 0.29) is 24.5 Å². The maximum atomic E-state index is 12.9. The SMILES string of the molecule is COc1ccc2[nH]c3c(c2c1)CCC[C@@H]3NC(=O)c1ccc2c(c1)NC(=O)CO2. The van der Waals surface area contributed by atoms with Crippen LogP contribution in [0.2, 0.25) is 0 Å². The summed E-state index contributed by atoms with van der Waals surface area (Å²) in [7, 11) is 1.66. The summed E-state index contributed by atoms with van der Waals surface area (Å²) in [4.78, 5) is 27.9. The molecule has 1 atom stereocenters. The third-order valence-corrected chi connectivity index (χ3v) is 5.59. The summed E-state index contributed by atoms with van der Waals surface area (Å²) >= 11 is 0. The highest BCUT2D eigenvalue weighted by molar-refractivity contribution is 6.00. The van der Waals surface area contributed by atoms with Crippen molar-refractivity contribution in [1.29, 1.82) is 0 Å². The first-order valence-electron chi connectivity index (χ1n) is 9.68. The van der Waals surface area contributed by atoms with Gasteiger partial charge in [0.2, 0.25) is 0 Å². The van der Waals surface area contributed by atoms with Gasteiger partial charge in [0.15, 0.2) is 6.61 Å². The Morgan fingerprint density at radius 1 is 1.24 bits per heavy atom. The minimum Gasteiger partial charge on any atom is -0.497 e. The molecule has 0 bridgehead atoms. The van der Waals surface area contributed by atoms with E-state index in [0.29, 0.717) is 17.0 Å². The van der Waals surface area contributed by atoms with Crippen molar-refractivity contribution in [1.82, 2.24) is 10.3 Å². The smallest absolute Gasteiger partial charge is 0.262 e. The van der Waals surface area contributed by atoms with E-state index in [2.05, 4.69) is 15.6 Å². The molecular weight excluding hydrogens is 370 g/mol. The van der Waals surface area contributed by atoms with Gasteiger partial charge >= 0.3 is 0 Å². The fourth-order valence-corrected chi connectivity index (χ4v) is 4.18. The Balaban J connectivity index is 1.43. The number of hydrogen-bond donors (Lipinski definition) is 3. The van der Waals surface area contributed by atoms with E-state index in [1.54, 1.807) is 25.3 Å². The Hall–Kier alpha value is -3.48. The third-order valence-electron chi connectivity index (χ3n) is 5.59. The zero-order chi connectivity index (χ0) is 20.0. The lowest BCUT2D eigenvalue weighted by atomic mass is 9.91. The molecule has 3 aromatic rings. The summed E-state index contributed by atoms with van der Waals surface area (Å²) in [6.45, 7) is -0.00539. The minimum absolute atomic E-state index is 0.00539. The zero-order valence-electron chi connectivity index (χ0n) is 16.0. The molecule has 1 aromatic heterocycles. The standard InChI is InChI=1S/C22H21N3O4/c1-28-13-6-7-16-15(10-13)14-3-2-4-17(21(14)24-16)25-22(27)12-5-8-19-18(9-12)23-20(26)11-29-19/h5-10,17,24H,2-4,11H2,1H3,(H,23,26)(H,25,27)/t17-/m0/s1. The van der Waals surface area contributed by atoms with E-state index in [1.165, 1.54) is 5.56 Å². The number of fused-ring (bicyclic) bond motifs is 4. The Bertz CT molecular complexity index is 1130. The predicted molar refractivity (Wildman–Crippen MR) is 109 cm³/mol. The number of H-pyrrole nitrogens is 1. The van der Waals surface area contributed by atoms with Gasteiger partial charge in [0.05, 0.1) is 18.8 Å². The molecule has 1 aliphatic heterocycles. The quantitative estimate of drug-likeness (QED) is 0.639. The summed E-state index contributed by atoms with van der Waals surface area (Å²) in [5, 5.41) is 7.03. The molecule has 5 rings (SSSR count). The van der Waals surface area contributed by atoms with Gasteiger partial charge in [0.1, 0.15) is 11.5 Å². The second kappa shape index (κ2) is 6.84. The van der Waals surface area contributed by atoms with Crippen LogP contribution in [0.25, 0.3) is 10.9 Å². The first-order chi connectivity index (χ1) is 14.1. The van der Waals surface area contributed by atoms with Gasteiger partial charge < -0.3 is 25.1 Å². The van der Waals surface area contributed by atoms with E-state index >= 15 is 0 Å². The third kappa shape index (κ3) is 3.08. The predicted octanol–water partition coefficient (Wildman–Crippen LogP) is 3.31. The van der Waals surface area contributed by atoms with Crippen LogP contribution in [-0.2, 0) is 11.2 Å². The first kappa shape index (κ1) is 17.6. The van der Waals surface area contributed by atoms with Crippen LogP contribution in [0.15, 0.2) is 36.4 Å². The average Bonchev–Trinajstić information content (AvgIpc) is 3.12. The van der Waals surface area contributed by atoms with Crippen molar-refractivity contribution in [2.45, 2.75) is 25.3 Å². The lowest BCUT2D eigenvalue weighted by molar-refractivity contribution is -0.118. The fourth-order valence-electron chi connectivity index (χ4n) is 4.18. The van der Waals surface area contributed by atoms with Crippen LogP contribution in [0.3, 0.4) is 0 Å². The van der Waals surface area contributed by atoms with Crippen LogP contribution in [0, 0.1) is 0 Å². The molecule has 0 unspecified atom stereocenters. The highest BCUT2D eigenvalue weighted by Gasteiger charge is 2.27. The van der Waals surface area contributed by atoms with Gasteiger partial charge in [0, 0.05) is 22.2 Å². The second-order valence-electron chi connectivity index (χ2n) is 7.39. The number of carbonyl (C=O) groups excluding carboxylic acids is 2. The monoisotopic (exact) mass is 391 g/mol. The number of anilines is 1. The van der Waals surface area contributed by atoms with Gasteiger partial charge in [0.25, 0.3) is 11.8 Å². The van der Waals surface area contributed by atoms with Crippen molar-refractivity contribution < 1.29 is 19.1 Å². The van der Waals surface area contributed by atoms with Gasteiger partial charge in [-0.2, -0.15) is 0 Å². The van der Waals surface area contributed by atoms with Crippen molar-refractivity contribution in [3.63, 3.8) is 0 Å². The molecule has 2 heterocycles. The van der Waals surface area contributed by atoms with E-state index in [4.69, 9.17) is 9.47 Å². The molecule has 0 spiro atoms. The summed E-state index contributed by atoms with van der Waals surface area (Å²) < 4.78 is 10.7. The number of aryl methyl sites for hydroxylation is 1. The number of hydrogen-bond acceptors (Lipinski definition) is 4. The molecule has 148 valence electrons. The second-order valence-corrected chi connectivity index (χ2v) is 7.39. The number of carbonyl (C=O) groups is 2. The molecule has 2 amide bonds. The number of methoxy groups -OCH3 is 1. The topological polar surface area (TPSA) is 92.5 Å². The van der Waals surface area contributed by atoms with Gasteiger partial charge in [-0.25, -0.2) is 0 Å². The molecular formula is C22H21N3O4. The maximum absolute atomic E-state index is 12.9. The van der Waals surface area contributed by atoms with Crippen LogP contribution < -0.4 is 20.1 Å². The van der Waals surface area contributed by atoms with Crippen LogP contribution in [-0.4, -0.2) is 30.5 Å². The van der Waals surface area contributed by atoms with Gasteiger partial charge in [-0.15, -0.1) is 0 Å². The lowest BCUT2D eigenvalue weighted by Crippen LogP contribution is -2.31. The van der Waals surface area contributed by atoms with E-state index in [9.17, 15) is 9.59 Å². The summed E-state index contributed by atoms with van der Waals surface area (Å²) in [6, 6.07) is 11.0. The highest BCUT2D eigenvalue weighted by atomic mass is 16.5. The lowest BCUT2D eigenvalue weighted by Gasteiger charge is -2.24. The number of aromatic amines is 1. The number of ether oxygens (including phenoxy) is 2. The van der Waals surface area contributed by atoms with Crippen molar-refractivity contribution in [3.05, 3.63) is 53.2 Å². The summed E-state index contributed by atoms with van der Waals surface area (Å²) in [5.41, 5.74) is 4.35. The first-order valence-corrected chi connectivity index (χ1v) is 9.68. The molecule has 0 radical (unpaired) electrons. The van der Waals surface area contributed by atoms with Crippen molar-refractivity contribution >= 4 is 28.4 Å². The van der Waals surface area contributed by atoms with Crippen molar-refractivity contribution in [3.8, 4) is 11.5 Å². The molecule has 3 N–H and O–H groups in total. The van der Waals surface area contributed by atoms with Crippen LogP contribution >= 0.6 is 0 Å². The average molecular weight is 391 g/mol.